The number of carbonyl (C=O) groups is 1. The molecule has 7 N–H and O–H groups in total. The molecule has 3 heterocycles. The van der Waals surface area contributed by atoms with E-state index in [1.165, 1.54) is 29.0 Å². The van der Waals surface area contributed by atoms with E-state index in [4.69, 9.17) is 21.3 Å². The van der Waals surface area contributed by atoms with Crippen LogP contribution >= 0.6 is 11.8 Å². The highest BCUT2D eigenvalue weighted by Crippen LogP contribution is 2.33. The van der Waals surface area contributed by atoms with Gasteiger partial charge in [0.15, 0.2) is 17.7 Å². The van der Waals surface area contributed by atoms with Crippen molar-refractivity contribution in [3.05, 3.63) is 12.7 Å². The molecule has 0 aromatic carbocycles. The Labute approximate surface area is 152 Å². The summed E-state index contributed by atoms with van der Waals surface area (Å²) in [6.07, 6.45) is -0.747. The van der Waals surface area contributed by atoms with Crippen molar-refractivity contribution in [2.75, 3.05) is 17.2 Å². The van der Waals surface area contributed by atoms with Crippen LogP contribution in [-0.2, 0) is 9.53 Å². The fourth-order valence-corrected chi connectivity index (χ4v) is 3.78. The van der Waals surface area contributed by atoms with Crippen LogP contribution in [0.15, 0.2) is 12.7 Å². The molecule has 0 bridgehead atoms. The molecule has 0 aliphatic carbocycles. The number of nitrogen functional groups attached to an aromatic ring is 1. The molecule has 26 heavy (non-hydrogen) atoms. The number of anilines is 1. The van der Waals surface area contributed by atoms with E-state index in [1.807, 2.05) is 0 Å². The lowest BCUT2D eigenvalue weighted by Gasteiger charge is -2.16. The first-order chi connectivity index (χ1) is 12.4. The van der Waals surface area contributed by atoms with Crippen LogP contribution in [0.25, 0.3) is 11.2 Å². The van der Waals surface area contributed by atoms with Gasteiger partial charge in [-0.25, -0.2) is 15.0 Å². The molecule has 3 rings (SSSR count). The molecule has 0 radical (unpaired) electrons. The zero-order valence-corrected chi connectivity index (χ0v) is 14.5. The van der Waals surface area contributed by atoms with Crippen LogP contribution in [-0.4, -0.2) is 76.7 Å². The number of rotatable bonds is 7. The number of imidazole rings is 1. The predicted molar refractivity (Wildman–Crippen MR) is 93.2 cm³/mol. The lowest BCUT2D eigenvalue weighted by molar-refractivity contribution is -0.138. The minimum Gasteiger partial charge on any atom is -0.480 e. The van der Waals surface area contributed by atoms with Crippen LogP contribution in [0, 0.1) is 0 Å². The van der Waals surface area contributed by atoms with Crippen molar-refractivity contribution in [2.45, 2.75) is 37.0 Å². The molecule has 1 fully saturated rings. The standard InChI is InChI=1S/C14H20N6O5S/c15-6(14(23)24)1-2-26-3-7-9(21)10(22)13(25-7)20-5-19-8-11(16)17-4-18-12(8)20/h4-7,9-10,13,21-22H,1-3,15H2,(H,23,24)(H2,16,17,18)/t6-,7-,9-,10-,13?/m1/s1. The Kier molecular flexibility index (Phi) is 5.58. The average molecular weight is 384 g/mol. The first-order valence-electron chi connectivity index (χ1n) is 7.91. The highest BCUT2D eigenvalue weighted by molar-refractivity contribution is 7.99. The number of aliphatic carboxylic acids is 1. The largest absolute Gasteiger partial charge is 0.480 e. The molecule has 11 nitrogen and oxygen atoms in total. The second-order valence-electron chi connectivity index (χ2n) is 5.94. The number of aromatic nitrogens is 4. The Morgan fingerprint density at radius 3 is 2.85 bits per heavy atom. The van der Waals surface area contributed by atoms with Crippen LogP contribution in [0.1, 0.15) is 12.6 Å². The summed E-state index contributed by atoms with van der Waals surface area (Å²) >= 11 is 1.40. The van der Waals surface area contributed by atoms with Crippen molar-refractivity contribution in [2.24, 2.45) is 5.73 Å². The van der Waals surface area contributed by atoms with E-state index in [1.54, 1.807) is 0 Å². The Morgan fingerprint density at radius 1 is 1.35 bits per heavy atom. The van der Waals surface area contributed by atoms with Crippen LogP contribution < -0.4 is 11.5 Å². The van der Waals surface area contributed by atoms with Gasteiger partial charge in [0, 0.05) is 5.75 Å². The van der Waals surface area contributed by atoms with Crippen molar-refractivity contribution in [3.8, 4) is 0 Å². The molecule has 2 aromatic rings. The van der Waals surface area contributed by atoms with E-state index in [0.29, 0.717) is 29.1 Å². The third kappa shape index (κ3) is 3.59. The number of nitrogens with two attached hydrogens (primary N) is 2. The number of fused-ring (bicyclic) bond motifs is 1. The van der Waals surface area contributed by atoms with Gasteiger partial charge in [0.2, 0.25) is 0 Å². The molecule has 1 unspecified atom stereocenters. The molecule has 142 valence electrons. The SMILES string of the molecule is Nc1ncnc2c1ncn2C1O[C@H](CSCC[C@@H](N)C(=O)O)[C@@H](O)[C@H]1O. The van der Waals surface area contributed by atoms with Gasteiger partial charge in [-0.2, -0.15) is 11.8 Å². The summed E-state index contributed by atoms with van der Waals surface area (Å²) < 4.78 is 7.29. The average Bonchev–Trinajstić information content (AvgIpc) is 3.15. The molecule has 1 aliphatic heterocycles. The van der Waals surface area contributed by atoms with Crippen LogP contribution in [0.3, 0.4) is 0 Å². The van der Waals surface area contributed by atoms with E-state index >= 15 is 0 Å². The van der Waals surface area contributed by atoms with Gasteiger partial charge in [0.1, 0.15) is 30.1 Å². The first-order valence-corrected chi connectivity index (χ1v) is 9.06. The molecule has 1 saturated heterocycles. The maximum absolute atomic E-state index is 10.7. The molecule has 5 atom stereocenters. The Morgan fingerprint density at radius 2 is 2.12 bits per heavy atom. The van der Waals surface area contributed by atoms with Gasteiger partial charge in [-0.05, 0) is 12.2 Å². The maximum atomic E-state index is 10.7. The molecule has 1 aliphatic rings. The number of hydrogen-bond donors (Lipinski definition) is 5. The number of aliphatic hydroxyl groups is 2. The molecule has 0 saturated carbocycles. The van der Waals surface area contributed by atoms with Crippen molar-refractivity contribution < 1.29 is 24.9 Å². The monoisotopic (exact) mass is 384 g/mol. The molecule has 0 amide bonds. The van der Waals surface area contributed by atoms with Gasteiger partial charge in [-0.3, -0.25) is 9.36 Å². The third-order valence-electron chi connectivity index (χ3n) is 4.17. The third-order valence-corrected chi connectivity index (χ3v) is 5.26. The zero-order chi connectivity index (χ0) is 18.8. The van der Waals surface area contributed by atoms with Gasteiger partial charge >= 0.3 is 5.97 Å². The second kappa shape index (κ2) is 7.72. The number of thioether (sulfide) groups is 1. The van der Waals surface area contributed by atoms with Crippen molar-refractivity contribution in [3.63, 3.8) is 0 Å². The minimum atomic E-state index is -1.17. The topological polar surface area (TPSA) is 183 Å². The summed E-state index contributed by atoms with van der Waals surface area (Å²) in [7, 11) is 0. The minimum absolute atomic E-state index is 0.212. The van der Waals surface area contributed by atoms with Gasteiger partial charge in [-0.1, -0.05) is 0 Å². The van der Waals surface area contributed by atoms with E-state index < -0.39 is 36.6 Å². The number of carboxylic acids is 1. The smallest absolute Gasteiger partial charge is 0.320 e. The van der Waals surface area contributed by atoms with Gasteiger partial charge in [-0.15, -0.1) is 0 Å². The Bertz CT molecular complexity index is 788. The van der Waals surface area contributed by atoms with E-state index in [-0.39, 0.29) is 5.82 Å². The fraction of sp³-hybridized carbons (Fsp3) is 0.571. The highest BCUT2D eigenvalue weighted by atomic mass is 32.2. The quantitative estimate of drug-likeness (QED) is 0.352. The molecular formula is C14H20N6O5S. The van der Waals surface area contributed by atoms with Crippen molar-refractivity contribution in [1.82, 2.24) is 19.5 Å². The number of hydrogen-bond acceptors (Lipinski definition) is 10. The van der Waals surface area contributed by atoms with Gasteiger partial charge < -0.3 is 31.5 Å². The van der Waals surface area contributed by atoms with Crippen molar-refractivity contribution in [1.29, 1.82) is 0 Å². The first kappa shape index (κ1) is 18.8. The number of aliphatic hydroxyl groups excluding tert-OH is 2. The molecule has 12 heteroatoms. The Balaban J connectivity index is 1.64. The number of carboxylic acid groups (broad SMARTS) is 1. The maximum Gasteiger partial charge on any atom is 0.320 e. The zero-order valence-electron chi connectivity index (χ0n) is 13.7. The van der Waals surface area contributed by atoms with E-state index in [9.17, 15) is 15.0 Å². The molecule has 0 spiro atoms. The van der Waals surface area contributed by atoms with Crippen LogP contribution in [0.5, 0.6) is 0 Å². The van der Waals surface area contributed by atoms with E-state index in [0.717, 1.165) is 0 Å². The summed E-state index contributed by atoms with van der Waals surface area (Å²) in [5.41, 5.74) is 12.0. The highest BCUT2D eigenvalue weighted by Gasteiger charge is 2.44. The number of nitrogens with zero attached hydrogens (tertiary/aromatic N) is 4. The van der Waals surface area contributed by atoms with Crippen molar-refractivity contribution >= 4 is 34.7 Å². The van der Waals surface area contributed by atoms with Crippen LogP contribution in [0.4, 0.5) is 5.82 Å². The summed E-state index contributed by atoms with van der Waals surface area (Å²) in [6, 6.07) is -0.919. The molecule has 2 aromatic heterocycles. The summed E-state index contributed by atoms with van der Waals surface area (Å²) in [4.78, 5) is 22.8. The summed E-state index contributed by atoms with van der Waals surface area (Å²) in [5, 5.41) is 29.3. The van der Waals surface area contributed by atoms with Crippen LogP contribution in [0.2, 0.25) is 0 Å². The second-order valence-corrected chi connectivity index (χ2v) is 7.09. The normalized spacial score (nSPS) is 27.0. The Hall–Kier alpha value is -1.99. The fourth-order valence-electron chi connectivity index (χ4n) is 2.69. The summed E-state index contributed by atoms with van der Waals surface area (Å²) in [6.45, 7) is 0. The lowest BCUT2D eigenvalue weighted by Crippen LogP contribution is -2.33. The lowest BCUT2D eigenvalue weighted by atomic mass is 10.1. The van der Waals surface area contributed by atoms with E-state index in [2.05, 4.69) is 15.0 Å². The molecular weight excluding hydrogens is 364 g/mol. The predicted octanol–water partition coefficient (Wildman–Crippen LogP) is -1.44. The number of ether oxygens (including phenoxy) is 1. The van der Waals surface area contributed by atoms with Gasteiger partial charge in [0.05, 0.1) is 12.4 Å². The summed E-state index contributed by atoms with van der Waals surface area (Å²) in [5.74, 6) is 0.0405. The van der Waals surface area contributed by atoms with Gasteiger partial charge in [0.25, 0.3) is 0 Å².